The highest BCUT2D eigenvalue weighted by Gasteiger charge is 2.50. The number of carboxylic acids is 1. The molecule has 1 heterocycles. The minimum Gasteiger partial charge on any atom is -0.479 e. The van der Waals surface area contributed by atoms with Gasteiger partial charge in [-0.1, -0.05) is 50.8 Å². The number of epoxide rings is 1. The minimum absolute atomic E-state index is 0.133. The lowest BCUT2D eigenvalue weighted by atomic mass is 10.1. The van der Waals surface area contributed by atoms with E-state index in [0.29, 0.717) is 0 Å². The van der Waals surface area contributed by atoms with Gasteiger partial charge in [-0.3, -0.25) is 4.79 Å². The summed E-state index contributed by atoms with van der Waals surface area (Å²) in [6.07, 6.45) is 5.59. The fourth-order valence-corrected chi connectivity index (χ4v) is 2.51. The number of rotatable bonds is 9. The van der Waals surface area contributed by atoms with Crippen molar-refractivity contribution in [2.45, 2.75) is 57.7 Å². The van der Waals surface area contributed by atoms with Gasteiger partial charge in [0.15, 0.2) is 12.2 Å². The molecule has 4 nitrogen and oxygen atoms in total. The van der Waals surface area contributed by atoms with Crippen molar-refractivity contribution in [1.82, 2.24) is 0 Å². The van der Waals surface area contributed by atoms with Crippen molar-refractivity contribution in [3.63, 3.8) is 0 Å². The van der Waals surface area contributed by atoms with Gasteiger partial charge in [0.05, 0.1) is 0 Å². The molecule has 2 unspecified atom stereocenters. The Balaban J connectivity index is 1.93. The molecule has 0 aromatic heterocycles. The molecule has 2 atom stereocenters. The first-order valence-corrected chi connectivity index (χ1v) is 7.20. The van der Waals surface area contributed by atoms with E-state index < -0.39 is 18.2 Å². The smallest absolute Gasteiger partial charge is 0.336 e. The lowest BCUT2D eigenvalue weighted by Gasteiger charge is -1.99. The summed E-state index contributed by atoms with van der Waals surface area (Å²) in [5.74, 6) is -0.263. The number of aliphatic carboxylic acids is 1. The van der Waals surface area contributed by atoms with Crippen molar-refractivity contribution in [3.05, 3.63) is 0 Å². The Morgan fingerprint density at radius 1 is 1.12 bits per heavy atom. The first kappa shape index (κ1) is 14.5. The lowest BCUT2D eigenvalue weighted by molar-refractivity contribution is -0.138. The van der Waals surface area contributed by atoms with E-state index in [-0.39, 0.29) is 5.12 Å². The van der Waals surface area contributed by atoms with Crippen molar-refractivity contribution in [3.8, 4) is 0 Å². The monoisotopic (exact) mass is 260 g/mol. The van der Waals surface area contributed by atoms with E-state index in [0.717, 1.165) is 18.6 Å². The summed E-state index contributed by atoms with van der Waals surface area (Å²) in [6, 6.07) is 0. The van der Waals surface area contributed by atoms with E-state index >= 15 is 0 Å². The Kier molecular flexibility index (Phi) is 6.58. The van der Waals surface area contributed by atoms with E-state index in [4.69, 9.17) is 9.84 Å². The van der Waals surface area contributed by atoms with Crippen LogP contribution in [-0.2, 0) is 14.3 Å². The Labute approximate surface area is 106 Å². The molecular weight excluding hydrogens is 240 g/mol. The van der Waals surface area contributed by atoms with E-state index in [1.807, 2.05) is 0 Å². The second kappa shape index (κ2) is 7.71. The molecule has 5 heteroatoms. The van der Waals surface area contributed by atoms with Crippen LogP contribution in [0.3, 0.4) is 0 Å². The molecule has 1 aliphatic heterocycles. The molecule has 1 N–H and O–H groups in total. The summed E-state index contributed by atoms with van der Waals surface area (Å²) in [7, 11) is 0. The Bertz CT molecular complexity index is 267. The molecule has 98 valence electrons. The summed E-state index contributed by atoms with van der Waals surface area (Å²) < 4.78 is 4.78. The number of hydrogen-bond donors (Lipinski definition) is 1. The maximum Gasteiger partial charge on any atom is 0.336 e. The first-order chi connectivity index (χ1) is 8.16. The molecule has 0 aliphatic carbocycles. The van der Waals surface area contributed by atoms with E-state index in [2.05, 4.69) is 6.92 Å². The largest absolute Gasteiger partial charge is 0.479 e. The van der Waals surface area contributed by atoms with Crippen LogP contribution >= 0.6 is 11.8 Å². The first-order valence-electron chi connectivity index (χ1n) is 6.21. The van der Waals surface area contributed by atoms with Crippen molar-refractivity contribution in [2.75, 3.05) is 5.75 Å². The summed E-state index contributed by atoms with van der Waals surface area (Å²) in [6.45, 7) is 2.18. The van der Waals surface area contributed by atoms with Crippen LogP contribution in [0.1, 0.15) is 45.4 Å². The second-order valence-corrected chi connectivity index (χ2v) is 5.35. The number of hydrogen-bond acceptors (Lipinski definition) is 4. The quantitative estimate of drug-likeness (QED) is 0.509. The second-order valence-electron chi connectivity index (χ2n) is 4.25. The molecule has 1 saturated heterocycles. The zero-order valence-corrected chi connectivity index (χ0v) is 11.0. The average molecular weight is 260 g/mol. The van der Waals surface area contributed by atoms with Gasteiger partial charge in [0.1, 0.15) is 0 Å². The number of carbonyl (C=O) groups excluding carboxylic acids is 1. The highest BCUT2D eigenvalue weighted by atomic mass is 32.2. The molecule has 0 amide bonds. The van der Waals surface area contributed by atoms with Crippen LogP contribution in [0.25, 0.3) is 0 Å². The van der Waals surface area contributed by atoms with Crippen LogP contribution in [0, 0.1) is 0 Å². The van der Waals surface area contributed by atoms with Gasteiger partial charge in [-0.25, -0.2) is 4.79 Å². The Morgan fingerprint density at radius 2 is 1.76 bits per heavy atom. The fraction of sp³-hybridized carbons (Fsp3) is 0.833. The van der Waals surface area contributed by atoms with Crippen LogP contribution in [0.15, 0.2) is 0 Å². The molecule has 0 bridgehead atoms. The van der Waals surface area contributed by atoms with Crippen molar-refractivity contribution in [2.24, 2.45) is 0 Å². The summed E-state index contributed by atoms with van der Waals surface area (Å²) in [4.78, 5) is 21.9. The summed E-state index contributed by atoms with van der Waals surface area (Å²) in [5.41, 5.74) is 0. The third-order valence-corrected chi connectivity index (χ3v) is 3.72. The standard InChI is InChI=1S/C12H20O4S/c1-2-3-4-5-6-7-8-17-12(15)10-9(16-10)11(13)14/h9-10H,2-8H2,1H3,(H,13,14). The van der Waals surface area contributed by atoms with Gasteiger partial charge in [-0.15, -0.1) is 0 Å². The molecule has 1 aliphatic rings. The van der Waals surface area contributed by atoms with E-state index in [9.17, 15) is 9.59 Å². The highest BCUT2D eigenvalue weighted by molar-refractivity contribution is 8.13. The molecule has 0 radical (unpaired) electrons. The molecule has 0 aromatic rings. The molecule has 0 aromatic carbocycles. The number of carboxylic acid groups (broad SMARTS) is 1. The van der Waals surface area contributed by atoms with Gasteiger partial charge < -0.3 is 9.84 Å². The molecular formula is C12H20O4S. The van der Waals surface area contributed by atoms with E-state index in [1.54, 1.807) is 0 Å². The average Bonchev–Trinajstić information content (AvgIpc) is 3.07. The Hall–Kier alpha value is -0.550. The molecule has 1 rings (SSSR count). The zero-order chi connectivity index (χ0) is 12.7. The maximum atomic E-state index is 11.4. The molecule has 1 fully saturated rings. The third kappa shape index (κ3) is 5.55. The summed E-state index contributed by atoms with van der Waals surface area (Å²) >= 11 is 1.20. The van der Waals surface area contributed by atoms with Crippen LogP contribution < -0.4 is 0 Å². The van der Waals surface area contributed by atoms with Crippen molar-refractivity contribution in [1.29, 1.82) is 0 Å². The highest BCUT2D eigenvalue weighted by Crippen LogP contribution is 2.28. The number of carbonyl (C=O) groups is 2. The third-order valence-electron chi connectivity index (χ3n) is 2.71. The Morgan fingerprint density at radius 3 is 2.35 bits per heavy atom. The van der Waals surface area contributed by atoms with Gasteiger partial charge in [-0.2, -0.15) is 0 Å². The number of ether oxygens (including phenoxy) is 1. The number of thioether (sulfide) groups is 1. The summed E-state index contributed by atoms with van der Waals surface area (Å²) in [5, 5.41) is 8.44. The van der Waals surface area contributed by atoms with Crippen molar-refractivity contribution < 1.29 is 19.4 Å². The number of unbranched alkanes of at least 4 members (excludes halogenated alkanes) is 5. The predicted molar refractivity (Wildman–Crippen MR) is 67.1 cm³/mol. The predicted octanol–water partition coefficient (Wildman–Crippen LogP) is 2.46. The topological polar surface area (TPSA) is 66.9 Å². The normalized spacial score (nSPS) is 22.4. The molecule has 0 spiro atoms. The molecule has 17 heavy (non-hydrogen) atoms. The van der Waals surface area contributed by atoms with E-state index in [1.165, 1.54) is 37.4 Å². The van der Waals surface area contributed by atoms with Gasteiger partial charge in [0.2, 0.25) is 5.12 Å². The fourth-order valence-electron chi connectivity index (χ4n) is 1.62. The lowest BCUT2D eigenvalue weighted by Crippen LogP contribution is -2.13. The maximum absolute atomic E-state index is 11.4. The SMILES string of the molecule is CCCCCCCCSC(=O)C1OC1C(=O)O. The van der Waals surface area contributed by atoms with Gasteiger partial charge >= 0.3 is 5.97 Å². The van der Waals surface area contributed by atoms with Gasteiger partial charge in [0, 0.05) is 5.75 Å². The van der Waals surface area contributed by atoms with Gasteiger partial charge in [-0.05, 0) is 6.42 Å². The van der Waals surface area contributed by atoms with Crippen LogP contribution in [0.2, 0.25) is 0 Å². The molecule has 0 saturated carbocycles. The zero-order valence-electron chi connectivity index (χ0n) is 10.2. The van der Waals surface area contributed by atoms with Crippen LogP contribution in [-0.4, -0.2) is 34.2 Å². The minimum atomic E-state index is -1.04. The van der Waals surface area contributed by atoms with Crippen molar-refractivity contribution >= 4 is 22.8 Å². The van der Waals surface area contributed by atoms with Crippen LogP contribution in [0.5, 0.6) is 0 Å². The van der Waals surface area contributed by atoms with Gasteiger partial charge in [0.25, 0.3) is 0 Å². The van der Waals surface area contributed by atoms with Crippen LogP contribution in [0.4, 0.5) is 0 Å².